The summed E-state index contributed by atoms with van der Waals surface area (Å²) in [5.74, 6) is -0.274. The lowest BCUT2D eigenvalue weighted by atomic mass is 10.2. The zero-order chi connectivity index (χ0) is 15.7. The van der Waals surface area contributed by atoms with Crippen LogP contribution in [-0.4, -0.2) is 26.9 Å². The predicted molar refractivity (Wildman–Crippen MR) is 89.2 cm³/mol. The monoisotopic (exact) mass is 313 g/mol. The van der Waals surface area contributed by atoms with Crippen LogP contribution in [0.15, 0.2) is 47.4 Å². The lowest BCUT2D eigenvalue weighted by molar-refractivity contribution is 0.0697. The van der Waals surface area contributed by atoms with E-state index in [9.17, 15) is 4.79 Å². The zero-order valence-electron chi connectivity index (χ0n) is 12.2. The summed E-state index contributed by atoms with van der Waals surface area (Å²) in [4.78, 5) is 16.7. The topological polar surface area (TPSA) is 67.2 Å². The predicted octanol–water partition coefficient (Wildman–Crippen LogP) is 3.74. The number of anilines is 2. The number of nitrogens with one attached hydrogen (secondary N) is 1. The van der Waals surface area contributed by atoms with Gasteiger partial charge in [-0.1, -0.05) is 0 Å². The van der Waals surface area contributed by atoms with Gasteiger partial charge in [0.2, 0.25) is 5.95 Å². The molecule has 0 saturated carbocycles. The van der Waals surface area contributed by atoms with Crippen LogP contribution >= 0.6 is 11.8 Å². The minimum Gasteiger partial charge on any atom is -0.478 e. The van der Waals surface area contributed by atoms with Gasteiger partial charge in [-0.3, -0.25) is 0 Å². The number of imidazole rings is 1. The summed E-state index contributed by atoms with van der Waals surface area (Å²) in [6, 6.07) is 13.0. The Hall–Kier alpha value is -2.47. The highest BCUT2D eigenvalue weighted by atomic mass is 32.2. The Bertz CT molecular complexity index is 840. The maximum absolute atomic E-state index is 11.0. The van der Waals surface area contributed by atoms with Gasteiger partial charge in [-0.05, 0) is 48.7 Å². The number of aryl methyl sites for hydroxylation is 1. The third-order valence-electron chi connectivity index (χ3n) is 3.47. The van der Waals surface area contributed by atoms with Crippen molar-refractivity contribution in [1.29, 1.82) is 0 Å². The van der Waals surface area contributed by atoms with E-state index in [1.807, 2.05) is 42.1 Å². The van der Waals surface area contributed by atoms with E-state index in [-0.39, 0.29) is 5.56 Å². The Balaban J connectivity index is 1.96. The van der Waals surface area contributed by atoms with Crippen LogP contribution in [0.3, 0.4) is 0 Å². The van der Waals surface area contributed by atoms with Gasteiger partial charge >= 0.3 is 5.97 Å². The van der Waals surface area contributed by atoms with Crippen LogP contribution < -0.4 is 5.32 Å². The molecule has 0 saturated heterocycles. The molecule has 0 atom stereocenters. The third kappa shape index (κ3) is 2.65. The van der Waals surface area contributed by atoms with Gasteiger partial charge in [-0.15, -0.1) is 11.8 Å². The molecule has 1 heterocycles. The van der Waals surface area contributed by atoms with E-state index in [0.29, 0.717) is 11.5 Å². The maximum Gasteiger partial charge on any atom is 0.335 e. The molecule has 1 aromatic heterocycles. The zero-order valence-corrected chi connectivity index (χ0v) is 13.0. The molecule has 0 aliphatic heterocycles. The standard InChI is InChI=1S/C16H15N3O2S/c1-19-14-8-3-10(15(20)21)9-13(14)18-16(19)17-11-4-6-12(22-2)7-5-11/h3-9H,1-2H3,(H,17,18)(H,20,21). The van der Waals surface area contributed by atoms with Gasteiger partial charge in [0.1, 0.15) is 0 Å². The van der Waals surface area contributed by atoms with E-state index in [1.165, 1.54) is 4.90 Å². The van der Waals surface area contributed by atoms with E-state index < -0.39 is 5.97 Å². The number of carboxylic acids is 1. The van der Waals surface area contributed by atoms with Crippen molar-refractivity contribution in [3.05, 3.63) is 48.0 Å². The third-order valence-corrected chi connectivity index (χ3v) is 4.22. The summed E-state index contributed by atoms with van der Waals surface area (Å²) in [6.07, 6.45) is 2.04. The van der Waals surface area contributed by atoms with Gasteiger partial charge < -0.3 is 15.0 Å². The summed E-state index contributed by atoms with van der Waals surface area (Å²) in [7, 11) is 1.90. The molecule has 0 spiro atoms. The Labute approximate surface area is 132 Å². The smallest absolute Gasteiger partial charge is 0.335 e. The van der Waals surface area contributed by atoms with Crippen molar-refractivity contribution >= 4 is 40.4 Å². The number of nitrogens with zero attached hydrogens (tertiary/aromatic N) is 2. The molecule has 0 radical (unpaired) electrons. The number of aromatic nitrogens is 2. The van der Waals surface area contributed by atoms with Crippen LogP contribution in [0, 0.1) is 0 Å². The first-order valence-corrected chi connectivity index (χ1v) is 7.92. The van der Waals surface area contributed by atoms with Crippen molar-refractivity contribution in [2.75, 3.05) is 11.6 Å². The first-order valence-electron chi connectivity index (χ1n) is 6.69. The van der Waals surface area contributed by atoms with Crippen molar-refractivity contribution in [1.82, 2.24) is 9.55 Å². The number of hydrogen-bond donors (Lipinski definition) is 2. The lowest BCUT2D eigenvalue weighted by Gasteiger charge is -2.06. The molecule has 5 nitrogen and oxygen atoms in total. The van der Waals surface area contributed by atoms with Crippen molar-refractivity contribution in [2.24, 2.45) is 7.05 Å². The van der Waals surface area contributed by atoms with Crippen molar-refractivity contribution < 1.29 is 9.90 Å². The lowest BCUT2D eigenvalue weighted by Crippen LogP contribution is -1.98. The fourth-order valence-electron chi connectivity index (χ4n) is 2.25. The van der Waals surface area contributed by atoms with Crippen LogP contribution in [0.2, 0.25) is 0 Å². The highest BCUT2D eigenvalue weighted by Crippen LogP contribution is 2.24. The molecular formula is C16H15N3O2S. The van der Waals surface area contributed by atoms with Crippen LogP contribution in [0.5, 0.6) is 0 Å². The number of carbonyl (C=O) groups is 1. The van der Waals surface area contributed by atoms with E-state index >= 15 is 0 Å². The summed E-state index contributed by atoms with van der Waals surface area (Å²) >= 11 is 1.69. The fourth-order valence-corrected chi connectivity index (χ4v) is 2.66. The van der Waals surface area contributed by atoms with Crippen molar-refractivity contribution in [3.8, 4) is 0 Å². The van der Waals surface area contributed by atoms with E-state index in [4.69, 9.17) is 5.11 Å². The van der Waals surface area contributed by atoms with E-state index in [1.54, 1.807) is 30.0 Å². The van der Waals surface area contributed by atoms with Crippen LogP contribution in [0.25, 0.3) is 11.0 Å². The average Bonchev–Trinajstić information content (AvgIpc) is 2.84. The molecule has 3 aromatic rings. The molecule has 0 fully saturated rings. The summed E-state index contributed by atoms with van der Waals surface area (Å²) in [5, 5.41) is 12.3. The Morgan fingerprint density at radius 2 is 1.95 bits per heavy atom. The average molecular weight is 313 g/mol. The molecule has 0 unspecified atom stereocenters. The number of aromatic carboxylic acids is 1. The van der Waals surface area contributed by atoms with E-state index in [2.05, 4.69) is 10.3 Å². The SMILES string of the molecule is CSc1ccc(Nc2nc3cc(C(=O)O)ccc3n2C)cc1. The molecule has 112 valence electrons. The van der Waals surface area contributed by atoms with Gasteiger partial charge in [0.15, 0.2) is 0 Å². The Morgan fingerprint density at radius 3 is 2.59 bits per heavy atom. The summed E-state index contributed by atoms with van der Waals surface area (Å²) in [5.41, 5.74) is 2.72. The number of thioether (sulfide) groups is 1. The van der Waals surface area contributed by atoms with Gasteiger partial charge in [0.25, 0.3) is 0 Å². The molecule has 0 amide bonds. The van der Waals surface area contributed by atoms with Gasteiger partial charge in [0.05, 0.1) is 16.6 Å². The van der Waals surface area contributed by atoms with E-state index in [0.717, 1.165) is 11.2 Å². The van der Waals surface area contributed by atoms with Gasteiger partial charge in [-0.2, -0.15) is 0 Å². The number of benzene rings is 2. The quantitative estimate of drug-likeness (QED) is 0.718. The fraction of sp³-hybridized carbons (Fsp3) is 0.125. The molecular weight excluding hydrogens is 298 g/mol. The summed E-state index contributed by atoms with van der Waals surface area (Å²) < 4.78 is 1.91. The molecule has 2 N–H and O–H groups in total. The largest absolute Gasteiger partial charge is 0.478 e. The molecule has 2 aromatic carbocycles. The second-order valence-corrected chi connectivity index (χ2v) is 5.74. The first-order chi connectivity index (χ1) is 10.6. The molecule has 3 rings (SSSR count). The van der Waals surface area contributed by atoms with Crippen molar-refractivity contribution in [3.63, 3.8) is 0 Å². The van der Waals surface area contributed by atoms with Gasteiger partial charge in [0, 0.05) is 17.6 Å². The molecule has 0 bridgehead atoms. The van der Waals surface area contributed by atoms with Crippen LogP contribution in [0.4, 0.5) is 11.6 Å². The maximum atomic E-state index is 11.0. The van der Waals surface area contributed by atoms with Crippen molar-refractivity contribution in [2.45, 2.75) is 4.90 Å². The van der Waals surface area contributed by atoms with Crippen LogP contribution in [-0.2, 0) is 7.05 Å². The normalized spacial score (nSPS) is 10.8. The van der Waals surface area contributed by atoms with Gasteiger partial charge in [-0.25, -0.2) is 9.78 Å². The minimum atomic E-state index is -0.949. The number of fused-ring (bicyclic) bond motifs is 1. The first kappa shape index (κ1) is 14.5. The molecule has 0 aliphatic rings. The highest BCUT2D eigenvalue weighted by Gasteiger charge is 2.11. The summed E-state index contributed by atoms with van der Waals surface area (Å²) in [6.45, 7) is 0. The second-order valence-electron chi connectivity index (χ2n) is 4.86. The second kappa shape index (κ2) is 5.73. The molecule has 0 aliphatic carbocycles. The Kier molecular flexibility index (Phi) is 3.77. The van der Waals surface area contributed by atoms with Crippen LogP contribution in [0.1, 0.15) is 10.4 Å². The molecule has 6 heteroatoms. The minimum absolute atomic E-state index is 0.237. The highest BCUT2D eigenvalue weighted by molar-refractivity contribution is 7.98. The number of carboxylic acid groups (broad SMARTS) is 1. The Morgan fingerprint density at radius 1 is 1.23 bits per heavy atom. The number of hydrogen-bond acceptors (Lipinski definition) is 4. The molecule has 22 heavy (non-hydrogen) atoms. The number of rotatable bonds is 4.